The summed E-state index contributed by atoms with van der Waals surface area (Å²) in [7, 11) is 0. The molecule has 1 unspecified atom stereocenters. The first-order valence-corrected chi connectivity index (χ1v) is 8.71. The third kappa shape index (κ3) is 4.44. The third-order valence-electron chi connectivity index (χ3n) is 4.53. The second-order valence-electron chi connectivity index (χ2n) is 6.71. The van der Waals surface area contributed by atoms with Crippen molar-refractivity contribution in [3.63, 3.8) is 0 Å². The summed E-state index contributed by atoms with van der Waals surface area (Å²) in [6.45, 7) is 0. The minimum absolute atomic E-state index is 0.134. The van der Waals surface area contributed by atoms with Gasteiger partial charge in [0.2, 0.25) is 5.89 Å². The van der Waals surface area contributed by atoms with Crippen LogP contribution in [0.2, 0.25) is 0 Å². The lowest BCUT2D eigenvalue weighted by Crippen LogP contribution is -2.22. The minimum Gasteiger partial charge on any atom is -0.419 e. The highest BCUT2D eigenvalue weighted by atomic mass is 19.4. The molecule has 2 N–H and O–H groups in total. The van der Waals surface area contributed by atoms with Crippen molar-refractivity contribution in [2.45, 2.75) is 50.4 Å². The summed E-state index contributed by atoms with van der Waals surface area (Å²) >= 11 is 0. The van der Waals surface area contributed by atoms with Crippen LogP contribution in [0.5, 0.6) is 0 Å². The highest BCUT2D eigenvalue weighted by molar-refractivity contribution is 5.97. The van der Waals surface area contributed by atoms with Gasteiger partial charge in [-0.3, -0.25) is 9.59 Å². The van der Waals surface area contributed by atoms with Crippen LogP contribution in [0.4, 0.5) is 32.0 Å². The highest BCUT2D eigenvalue weighted by Gasteiger charge is 2.45. The summed E-state index contributed by atoms with van der Waals surface area (Å²) in [5, 5.41) is 6.72. The molecular weight excluding hydrogens is 422 g/mol. The second-order valence-corrected chi connectivity index (χ2v) is 6.71. The molecule has 13 heteroatoms. The maximum atomic E-state index is 13.4. The number of nitrogens with two attached hydrogens (primary N) is 1. The van der Waals surface area contributed by atoms with Crippen molar-refractivity contribution >= 4 is 17.3 Å². The molecule has 2 aromatic heterocycles. The fourth-order valence-electron chi connectivity index (χ4n) is 3.02. The first-order valence-electron chi connectivity index (χ1n) is 8.71. The number of pyridine rings is 1. The van der Waals surface area contributed by atoms with Gasteiger partial charge < -0.3 is 10.2 Å². The highest BCUT2D eigenvalue weighted by Crippen LogP contribution is 2.40. The summed E-state index contributed by atoms with van der Waals surface area (Å²) in [5.41, 5.74) is 2.07. The number of alkyl halides is 6. The van der Waals surface area contributed by atoms with Crippen molar-refractivity contribution in [1.82, 2.24) is 15.2 Å². The van der Waals surface area contributed by atoms with Crippen molar-refractivity contribution in [2.75, 3.05) is 5.73 Å². The van der Waals surface area contributed by atoms with Crippen LogP contribution >= 0.6 is 0 Å². The van der Waals surface area contributed by atoms with Crippen LogP contribution in [0.3, 0.4) is 0 Å². The standard InChI is InChI=1S/C17H14F6N4O3/c18-16(19,20)8-5-4-7(28)2-1-3-11(29)12-9(17(21,22)23)6-10(24)13(25-12)15-27-26-14(8)30-15/h6,8H,1-5,24H2. The van der Waals surface area contributed by atoms with Crippen LogP contribution in [0.15, 0.2) is 10.5 Å². The van der Waals surface area contributed by atoms with Crippen LogP contribution in [0, 0.1) is 0 Å². The Labute approximate surface area is 164 Å². The van der Waals surface area contributed by atoms with Gasteiger partial charge >= 0.3 is 12.4 Å². The maximum Gasteiger partial charge on any atom is 0.418 e. The molecule has 0 fully saturated rings. The summed E-state index contributed by atoms with van der Waals surface area (Å²) in [6.07, 6.45) is -11.8. The molecule has 30 heavy (non-hydrogen) atoms. The number of Topliss-reactive ketones (excluding diaryl/α,β-unsaturated/α-hetero) is 2. The summed E-state index contributed by atoms with van der Waals surface area (Å²) < 4.78 is 85.2. The predicted molar refractivity (Wildman–Crippen MR) is 88.2 cm³/mol. The SMILES string of the molecule is Nc1cc(C(F)(F)F)c2nc1-c1nnc(o1)C(C(F)(F)F)CCC(=O)CCCC2=O. The zero-order chi connectivity index (χ0) is 22.3. The summed E-state index contributed by atoms with van der Waals surface area (Å²) in [6, 6.07) is 0.442. The Bertz CT molecular complexity index is 983. The van der Waals surface area contributed by atoms with E-state index < -0.39 is 83.5 Å². The summed E-state index contributed by atoms with van der Waals surface area (Å²) in [4.78, 5) is 27.8. The van der Waals surface area contributed by atoms with E-state index in [1.54, 1.807) is 0 Å². The van der Waals surface area contributed by atoms with E-state index in [2.05, 4.69) is 15.2 Å². The molecule has 0 radical (unpaired) electrons. The lowest BCUT2D eigenvalue weighted by molar-refractivity contribution is -0.157. The van der Waals surface area contributed by atoms with Crippen molar-refractivity contribution in [3.8, 4) is 11.6 Å². The Balaban J connectivity index is 2.18. The van der Waals surface area contributed by atoms with Gasteiger partial charge in [-0.15, -0.1) is 10.2 Å². The number of ketones is 2. The number of fused-ring (bicyclic) bond motifs is 5. The maximum absolute atomic E-state index is 13.4. The number of nitrogens with zero attached hydrogens (tertiary/aromatic N) is 3. The molecule has 0 spiro atoms. The van der Waals surface area contributed by atoms with Gasteiger partial charge in [0.1, 0.15) is 17.4 Å². The number of halogens is 6. The molecule has 0 saturated heterocycles. The van der Waals surface area contributed by atoms with Crippen LogP contribution < -0.4 is 5.73 Å². The lowest BCUT2D eigenvalue weighted by atomic mass is 9.97. The normalized spacial score (nSPS) is 18.9. The Morgan fingerprint density at radius 2 is 1.70 bits per heavy atom. The molecule has 0 aliphatic carbocycles. The molecule has 1 aliphatic heterocycles. The number of aromatic nitrogens is 3. The molecule has 162 valence electrons. The fourth-order valence-corrected chi connectivity index (χ4v) is 3.02. The van der Waals surface area contributed by atoms with Gasteiger partial charge in [0.15, 0.2) is 11.5 Å². The molecule has 3 rings (SSSR count). The smallest absolute Gasteiger partial charge is 0.418 e. The van der Waals surface area contributed by atoms with Gasteiger partial charge in [0.05, 0.1) is 11.3 Å². The molecule has 1 atom stereocenters. The number of hydrogen-bond donors (Lipinski definition) is 1. The van der Waals surface area contributed by atoms with Crippen LogP contribution in [-0.4, -0.2) is 32.9 Å². The van der Waals surface area contributed by atoms with Crippen LogP contribution in [0.25, 0.3) is 11.6 Å². The predicted octanol–water partition coefficient (Wildman–Crippen LogP) is 4.09. The van der Waals surface area contributed by atoms with Gasteiger partial charge in [-0.05, 0) is 18.9 Å². The number of rotatable bonds is 0. The number of hydrogen-bond acceptors (Lipinski definition) is 7. The number of carbonyl (C=O) groups is 2. The van der Waals surface area contributed by atoms with Crippen molar-refractivity contribution in [2.24, 2.45) is 0 Å². The summed E-state index contributed by atoms with van der Waals surface area (Å²) in [5.74, 6) is -5.36. The molecule has 0 amide bonds. The average molecular weight is 436 g/mol. The van der Waals surface area contributed by atoms with E-state index in [9.17, 15) is 35.9 Å². The van der Waals surface area contributed by atoms with Gasteiger partial charge in [-0.1, -0.05) is 0 Å². The average Bonchev–Trinajstić information content (AvgIpc) is 3.08. The van der Waals surface area contributed by atoms with Crippen LogP contribution in [0.1, 0.15) is 60.0 Å². The molecule has 3 heterocycles. The Hall–Kier alpha value is -2.99. The minimum atomic E-state index is -4.96. The van der Waals surface area contributed by atoms with E-state index in [4.69, 9.17) is 10.2 Å². The first-order chi connectivity index (χ1) is 13.9. The van der Waals surface area contributed by atoms with Crippen molar-refractivity contribution < 1.29 is 40.3 Å². The van der Waals surface area contributed by atoms with E-state index in [1.165, 1.54) is 0 Å². The van der Waals surface area contributed by atoms with Crippen molar-refractivity contribution in [1.29, 1.82) is 0 Å². The van der Waals surface area contributed by atoms with E-state index in [-0.39, 0.29) is 12.8 Å². The topological polar surface area (TPSA) is 112 Å². The number of nitrogen functional groups attached to an aromatic ring is 1. The number of carbonyl (C=O) groups excluding carboxylic acids is 2. The van der Waals surface area contributed by atoms with Crippen molar-refractivity contribution in [3.05, 3.63) is 23.2 Å². The van der Waals surface area contributed by atoms with Gasteiger partial charge in [-0.2, -0.15) is 26.3 Å². The molecule has 7 nitrogen and oxygen atoms in total. The Morgan fingerprint density at radius 3 is 2.33 bits per heavy atom. The molecular formula is C17H14F6N4O3. The Morgan fingerprint density at radius 1 is 1.00 bits per heavy atom. The zero-order valence-corrected chi connectivity index (χ0v) is 15.1. The van der Waals surface area contributed by atoms with E-state index in [0.29, 0.717) is 6.07 Å². The third-order valence-corrected chi connectivity index (χ3v) is 4.53. The zero-order valence-electron chi connectivity index (χ0n) is 15.1. The monoisotopic (exact) mass is 436 g/mol. The second kappa shape index (κ2) is 7.69. The van der Waals surface area contributed by atoms with E-state index >= 15 is 0 Å². The van der Waals surface area contributed by atoms with E-state index in [0.717, 1.165) is 0 Å². The fraction of sp³-hybridized carbons (Fsp3) is 0.471. The van der Waals surface area contributed by atoms with Gasteiger partial charge in [0.25, 0.3) is 5.89 Å². The quantitative estimate of drug-likeness (QED) is 0.619. The molecule has 4 bridgehead atoms. The molecule has 1 aliphatic rings. The van der Waals surface area contributed by atoms with E-state index in [1.807, 2.05) is 0 Å². The number of anilines is 1. The molecule has 0 saturated carbocycles. The molecule has 0 aromatic carbocycles. The first kappa shape index (κ1) is 21.7. The van der Waals surface area contributed by atoms with Gasteiger partial charge in [0, 0.05) is 19.3 Å². The lowest BCUT2D eigenvalue weighted by Gasteiger charge is -2.17. The van der Waals surface area contributed by atoms with Crippen LogP contribution in [-0.2, 0) is 11.0 Å². The largest absolute Gasteiger partial charge is 0.419 e. The van der Waals surface area contributed by atoms with Gasteiger partial charge in [-0.25, -0.2) is 4.98 Å². The molecule has 2 aromatic rings. The Kier molecular flexibility index (Phi) is 5.56.